The van der Waals surface area contributed by atoms with Crippen molar-refractivity contribution < 1.29 is 19.1 Å². The zero-order valence-corrected chi connectivity index (χ0v) is 20.5. The first-order valence-corrected chi connectivity index (χ1v) is 11.9. The predicted octanol–water partition coefficient (Wildman–Crippen LogP) is 4.03. The van der Waals surface area contributed by atoms with Gasteiger partial charge in [-0.3, -0.25) is 9.59 Å². The molecule has 0 unspecified atom stereocenters. The summed E-state index contributed by atoms with van der Waals surface area (Å²) in [6.45, 7) is 1.12. The topological polar surface area (TPSA) is 67.9 Å². The van der Waals surface area contributed by atoms with Gasteiger partial charge in [-0.1, -0.05) is 72.8 Å². The molecule has 184 valence electrons. The van der Waals surface area contributed by atoms with Crippen molar-refractivity contribution in [2.24, 2.45) is 0 Å². The van der Waals surface area contributed by atoms with E-state index >= 15 is 0 Å². The Morgan fingerprint density at radius 1 is 0.829 bits per heavy atom. The van der Waals surface area contributed by atoms with Crippen LogP contribution in [-0.4, -0.2) is 50.1 Å². The summed E-state index contributed by atoms with van der Waals surface area (Å²) >= 11 is 0. The van der Waals surface area contributed by atoms with Crippen LogP contribution in [0.1, 0.15) is 23.1 Å². The van der Waals surface area contributed by atoms with Crippen molar-refractivity contribution in [3.8, 4) is 5.75 Å². The molecule has 6 heteroatoms. The third-order valence-corrected chi connectivity index (χ3v) is 5.86. The molecule has 6 nitrogen and oxygen atoms in total. The Bertz CT molecular complexity index is 1040. The molecule has 0 fully saturated rings. The Morgan fingerprint density at radius 3 is 2.06 bits per heavy atom. The molecule has 2 amide bonds. The van der Waals surface area contributed by atoms with Crippen LogP contribution in [-0.2, 0) is 33.7 Å². The number of carbonyl (C=O) groups excluding carboxylic acids is 2. The second kappa shape index (κ2) is 13.9. The van der Waals surface area contributed by atoms with Gasteiger partial charge in [0.25, 0.3) is 0 Å². The molecule has 0 heterocycles. The van der Waals surface area contributed by atoms with E-state index in [-0.39, 0.29) is 11.8 Å². The van der Waals surface area contributed by atoms with Crippen LogP contribution in [0, 0.1) is 0 Å². The molecule has 0 saturated carbocycles. The van der Waals surface area contributed by atoms with E-state index in [2.05, 4.69) is 5.32 Å². The number of nitrogens with zero attached hydrogens (tertiary/aromatic N) is 1. The van der Waals surface area contributed by atoms with E-state index in [9.17, 15) is 9.59 Å². The molecule has 1 N–H and O–H groups in total. The summed E-state index contributed by atoms with van der Waals surface area (Å²) in [6, 6.07) is 26.7. The highest BCUT2D eigenvalue weighted by molar-refractivity contribution is 5.88. The van der Waals surface area contributed by atoms with Gasteiger partial charge in [-0.2, -0.15) is 0 Å². The zero-order chi connectivity index (χ0) is 24.9. The summed E-state index contributed by atoms with van der Waals surface area (Å²) in [5.41, 5.74) is 3.02. The minimum Gasteiger partial charge on any atom is -0.497 e. The minimum absolute atomic E-state index is 0.0625. The van der Waals surface area contributed by atoms with Gasteiger partial charge in [0.1, 0.15) is 11.8 Å². The number of ether oxygens (including phenoxy) is 2. The van der Waals surface area contributed by atoms with Crippen LogP contribution in [0.25, 0.3) is 0 Å². The average Bonchev–Trinajstić information content (AvgIpc) is 2.91. The van der Waals surface area contributed by atoms with Gasteiger partial charge >= 0.3 is 0 Å². The Labute approximate surface area is 207 Å². The molecule has 0 radical (unpaired) electrons. The molecule has 0 bridgehead atoms. The van der Waals surface area contributed by atoms with E-state index in [1.54, 1.807) is 19.1 Å². The van der Waals surface area contributed by atoms with E-state index in [4.69, 9.17) is 9.47 Å². The molecule has 0 aliphatic heterocycles. The number of nitrogens with one attached hydrogen (secondary N) is 1. The van der Waals surface area contributed by atoms with Crippen molar-refractivity contribution in [3.05, 3.63) is 102 Å². The van der Waals surface area contributed by atoms with Crippen LogP contribution in [0.15, 0.2) is 84.9 Å². The number of methoxy groups -OCH3 is 2. The summed E-state index contributed by atoms with van der Waals surface area (Å²) in [7, 11) is 3.21. The van der Waals surface area contributed by atoms with E-state index in [1.807, 2.05) is 84.9 Å². The fraction of sp³-hybridized carbons (Fsp3) is 0.310. The fourth-order valence-corrected chi connectivity index (χ4v) is 3.92. The smallest absolute Gasteiger partial charge is 0.243 e. The lowest BCUT2D eigenvalue weighted by molar-refractivity contribution is -0.141. The third-order valence-electron chi connectivity index (χ3n) is 5.86. The highest BCUT2D eigenvalue weighted by Crippen LogP contribution is 2.19. The quantitative estimate of drug-likeness (QED) is 0.380. The van der Waals surface area contributed by atoms with Gasteiger partial charge in [-0.15, -0.1) is 0 Å². The summed E-state index contributed by atoms with van der Waals surface area (Å²) in [5.74, 6) is 0.494. The Morgan fingerprint density at radius 2 is 1.46 bits per heavy atom. The Hall–Kier alpha value is -3.64. The van der Waals surface area contributed by atoms with Crippen LogP contribution in [0.2, 0.25) is 0 Å². The van der Waals surface area contributed by atoms with Crippen molar-refractivity contribution >= 4 is 11.8 Å². The molecule has 0 spiro atoms. The second-order valence-electron chi connectivity index (χ2n) is 8.34. The number of carbonyl (C=O) groups is 2. The van der Waals surface area contributed by atoms with Crippen LogP contribution >= 0.6 is 0 Å². The molecule has 1 atom stereocenters. The van der Waals surface area contributed by atoms with E-state index in [1.165, 1.54) is 0 Å². The number of rotatable bonds is 13. The van der Waals surface area contributed by atoms with Gasteiger partial charge in [-0.25, -0.2) is 0 Å². The van der Waals surface area contributed by atoms with Crippen molar-refractivity contribution in [2.75, 3.05) is 27.4 Å². The lowest BCUT2D eigenvalue weighted by Crippen LogP contribution is -2.51. The number of hydrogen-bond acceptors (Lipinski definition) is 4. The Kier molecular flexibility index (Phi) is 10.3. The molecule has 0 saturated heterocycles. The fourth-order valence-electron chi connectivity index (χ4n) is 3.92. The summed E-state index contributed by atoms with van der Waals surface area (Å²) < 4.78 is 10.4. The van der Waals surface area contributed by atoms with Crippen molar-refractivity contribution in [3.63, 3.8) is 0 Å². The predicted molar refractivity (Wildman–Crippen MR) is 137 cm³/mol. The molecule has 35 heavy (non-hydrogen) atoms. The van der Waals surface area contributed by atoms with Crippen LogP contribution in [0.4, 0.5) is 0 Å². The third kappa shape index (κ3) is 8.26. The molecule has 3 aromatic carbocycles. The highest BCUT2D eigenvalue weighted by atomic mass is 16.5. The maximum Gasteiger partial charge on any atom is 0.243 e. The Balaban J connectivity index is 1.87. The van der Waals surface area contributed by atoms with Crippen molar-refractivity contribution in [1.29, 1.82) is 0 Å². The van der Waals surface area contributed by atoms with Gasteiger partial charge in [-0.05, 0) is 35.2 Å². The van der Waals surface area contributed by atoms with Crippen molar-refractivity contribution in [2.45, 2.75) is 31.8 Å². The van der Waals surface area contributed by atoms with E-state index in [0.717, 1.165) is 22.4 Å². The van der Waals surface area contributed by atoms with Gasteiger partial charge in [0.05, 0.1) is 13.7 Å². The van der Waals surface area contributed by atoms with Gasteiger partial charge in [0.2, 0.25) is 11.8 Å². The first-order chi connectivity index (χ1) is 17.1. The normalized spacial score (nSPS) is 11.5. The first kappa shape index (κ1) is 26.0. The molecular weight excluding hydrogens is 440 g/mol. The summed E-state index contributed by atoms with van der Waals surface area (Å²) in [4.78, 5) is 28.7. The molecule has 0 aliphatic rings. The van der Waals surface area contributed by atoms with Crippen LogP contribution in [0.5, 0.6) is 5.75 Å². The standard InChI is InChI=1S/C29H34N2O4/c1-34-20-19-30-29(33)27(21-24-11-7-4-8-12-24)31(22-25-13-16-26(35-2)17-14-25)28(32)18-15-23-9-5-3-6-10-23/h3-14,16-17,27H,15,18-22H2,1-2H3,(H,30,33)/t27-/m1/s1. The number of amides is 2. The zero-order valence-electron chi connectivity index (χ0n) is 20.5. The molecule has 3 aromatic rings. The maximum absolute atomic E-state index is 13.6. The van der Waals surface area contributed by atoms with Crippen LogP contribution < -0.4 is 10.1 Å². The second-order valence-corrected chi connectivity index (χ2v) is 8.34. The average molecular weight is 475 g/mol. The number of benzene rings is 3. The van der Waals surface area contributed by atoms with Gasteiger partial charge < -0.3 is 19.7 Å². The molecule has 0 aromatic heterocycles. The molecular formula is C29H34N2O4. The lowest BCUT2D eigenvalue weighted by atomic mass is 10.0. The summed E-state index contributed by atoms with van der Waals surface area (Å²) in [6.07, 6.45) is 1.35. The van der Waals surface area contributed by atoms with E-state index < -0.39 is 6.04 Å². The van der Waals surface area contributed by atoms with Crippen molar-refractivity contribution in [1.82, 2.24) is 10.2 Å². The van der Waals surface area contributed by atoms with Gasteiger partial charge in [0.15, 0.2) is 0 Å². The molecule has 3 rings (SSSR count). The SMILES string of the molecule is COCCNC(=O)[C@@H](Cc1ccccc1)N(Cc1ccc(OC)cc1)C(=O)CCc1ccccc1. The highest BCUT2D eigenvalue weighted by Gasteiger charge is 2.30. The number of aryl methyl sites for hydroxylation is 1. The number of hydrogen-bond donors (Lipinski definition) is 1. The molecule has 0 aliphatic carbocycles. The monoisotopic (exact) mass is 474 g/mol. The lowest BCUT2D eigenvalue weighted by Gasteiger charge is -2.31. The maximum atomic E-state index is 13.6. The largest absolute Gasteiger partial charge is 0.497 e. The van der Waals surface area contributed by atoms with Gasteiger partial charge in [0, 0.05) is 33.0 Å². The van der Waals surface area contributed by atoms with E-state index in [0.29, 0.717) is 39.0 Å². The summed E-state index contributed by atoms with van der Waals surface area (Å²) in [5, 5.41) is 2.94. The minimum atomic E-state index is -0.653. The first-order valence-electron chi connectivity index (χ1n) is 11.9. The van der Waals surface area contributed by atoms with Crippen LogP contribution in [0.3, 0.4) is 0 Å².